The van der Waals surface area contributed by atoms with Gasteiger partial charge in [-0.25, -0.2) is 13.2 Å². The molecular formula is C21H21NO4S2. The minimum Gasteiger partial charge on any atom is -0.465 e. The van der Waals surface area contributed by atoms with Crippen molar-refractivity contribution >= 4 is 27.3 Å². The normalized spacial score (nSPS) is 11.4. The van der Waals surface area contributed by atoms with Crippen molar-refractivity contribution in [3.05, 3.63) is 70.6 Å². The van der Waals surface area contributed by atoms with Crippen molar-refractivity contribution in [2.75, 3.05) is 7.05 Å². The van der Waals surface area contributed by atoms with Crippen molar-refractivity contribution in [3.63, 3.8) is 0 Å². The second-order valence-electron chi connectivity index (χ2n) is 6.58. The highest BCUT2D eigenvalue weighted by atomic mass is 32.2. The van der Waals surface area contributed by atoms with E-state index < -0.39 is 15.9 Å². The Kier molecular flexibility index (Phi) is 5.58. The van der Waals surface area contributed by atoms with Crippen LogP contribution in [0.15, 0.2) is 63.7 Å². The number of rotatable bonds is 5. The Balaban J connectivity index is 2.27. The van der Waals surface area contributed by atoms with Gasteiger partial charge in [-0.3, -0.25) is 0 Å². The molecule has 0 fully saturated rings. The monoisotopic (exact) mass is 415 g/mol. The fourth-order valence-corrected chi connectivity index (χ4v) is 6.42. The first kappa shape index (κ1) is 20.1. The van der Waals surface area contributed by atoms with Crippen LogP contribution < -0.4 is 0 Å². The second kappa shape index (κ2) is 7.77. The summed E-state index contributed by atoms with van der Waals surface area (Å²) >= 11 is 1.14. The Morgan fingerprint density at radius 2 is 1.64 bits per heavy atom. The average molecular weight is 416 g/mol. The van der Waals surface area contributed by atoms with Gasteiger partial charge in [-0.15, -0.1) is 11.3 Å². The molecule has 0 bridgehead atoms. The van der Waals surface area contributed by atoms with Crippen LogP contribution in [-0.4, -0.2) is 31.6 Å². The van der Waals surface area contributed by atoms with Gasteiger partial charge in [0.2, 0.25) is 9.84 Å². The van der Waals surface area contributed by atoms with E-state index in [1.807, 2.05) is 38.1 Å². The average Bonchev–Trinajstić information content (AvgIpc) is 3.00. The van der Waals surface area contributed by atoms with Crippen LogP contribution in [0, 0.1) is 13.8 Å². The Bertz CT molecular complexity index is 1120. The first-order valence-electron chi connectivity index (χ1n) is 8.66. The lowest BCUT2D eigenvalue weighted by atomic mass is 9.99. The molecule has 1 aromatic heterocycles. The first-order valence-corrected chi connectivity index (χ1v) is 11.0. The van der Waals surface area contributed by atoms with Gasteiger partial charge in [0.05, 0.1) is 11.4 Å². The fraction of sp³-hybridized carbons (Fsp3) is 0.190. The van der Waals surface area contributed by atoms with Crippen LogP contribution in [0.5, 0.6) is 0 Å². The largest absolute Gasteiger partial charge is 0.465 e. The Hall–Kier alpha value is -2.64. The van der Waals surface area contributed by atoms with Crippen molar-refractivity contribution in [2.24, 2.45) is 0 Å². The molecule has 1 N–H and O–H groups in total. The number of thiophene rings is 1. The van der Waals surface area contributed by atoms with Gasteiger partial charge in [0, 0.05) is 17.5 Å². The number of amides is 1. The van der Waals surface area contributed by atoms with Crippen molar-refractivity contribution < 1.29 is 18.3 Å². The Labute approximate surface area is 168 Å². The minimum atomic E-state index is -3.74. The molecule has 1 heterocycles. The topological polar surface area (TPSA) is 74.7 Å². The number of carbonyl (C=O) groups is 1. The SMILES string of the molecule is Cc1ccccc1-c1c(S(=O)(=O)c2ccccc2)sc(CN(C)C(=O)O)c1C. The van der Waals surface area contributed by atoms with Crippen LogP contribution in [0.25, 0.3) is 11.1 Å². The second-order valence-corrected chi connectivity index (χ2v) is 9.83. The molecule has 7 heteroatoms. The highest BCUT2D eigenvalue weighted by Gasteiger charge is 2.29. The minimum absolute atomic E-state index is 0.134. The standard InChI is InChI=1S/C21H21NO4S2/c1-14-9-7-8-12-17(14)19-15(2)18(13-22(3)21(23)24)27-20(19)28(25,26)16-10-5-4-6-11-16/h4-12H,13H2,1-3H3,(H,23,24). The van der Waals surface area contributed by atoms with Crippen LogP contribution in [0.3, 0.4) is 0 Å². The summed E-state index contributed by atoms with van der Waals surface area (Å²) in [5.74, 6) is 0. The lowest BCUT2D eigenvalue weighted by molar-refractivity contribution is 0.154. The number of carboxylic acid groups (broad SMARTS) is 1. The van der Waals surface area contributed by atoms with Gasteiger partial charge < -0.3 is 10.0 Å². The molecule has 0 saturated carbocycles. The van der Waals surface area contributed by atoms with Gasteiger partial charge in [-0.1, -0.05) is 42.5 Å². The van der Waals surface area contributed by atoms with Crippen molar-refractivity contribution in [1.82, 2.24) is 4.90 Å². The highest BCUT2D eigenvalue weighted by Crippen LogP contribution is 2.43. The lowest BCUT2D eigenvalue weighted by Gasteiger charge is -2.12. The molecule has 0 radical (unpaired) electrons. The molecule has 5 nitrogen and oxygen atoms in total. The van der Waals surface area contributed by atoms with Gasteiger partial charge in [0.25, 0.3) is 0 Å². The molecule has 1 amide bonds. The van der Waals surface area contributed by atoms with E-state index in [1.54, 1.807) is 30.3 Å². The van der Waals surface area contributed by atoms with E-state index in [2.05, 4.69) is 0 Å². The zero-order chi connectivity index (χ0) is 20.5. The fourth-order valence-electron chi connectivity index (χ4n) is 3.03. The third-order valence-electron chi connectivity index (χ3n) is 4.63. The van der Waals surface area contributed by atoms with Crippen LogP contribution >= 0.6 is 11.3 Å². The smallest absolute Gasteiger partial charge is 0.407 e. The van der Waals surface area contributed by atoms with E-state index in [1.165, 1.54) is 7.05 Å². The first-order chi connectivity index (χ1) is 13.2. The number of hydrogen-bond donors (Lipinski definition) is 1. The third-order valence-corrected chi connectivity index (χ3v) is 8.20. The molecule has 0 spiro atoms. The lowest BCUT2D eigenvalue weighted by Crippen LogP contribution is -2.23. The molecule has 2 aromatic carbocycles. The van der Waals surface area contributed by atoms with Gasteiger partial charge in [-0.05, 0) is 42.7 Å². The number of nitrogens with zero attached hydrogens (tertiary/aromatic N) is 1. The van der Waals surface area contributed by atoms with Crippen molar-refractivity contribution in [1.29, 1.82) is 0 Å². The summed E-state index contributed by atoms with van der Waals surface area (Å²) in [4.78, 5) is 13.4. The van der Waals surface area contributed by atoms with Gasteiger partial charge in [0.15, 0.2) is 0 Å². The predicted molar refractivity (Wildman–Crippen MR) is 111 cm³/mol. The number of hydrogen-bond acceptors (Lipinski definition) is 4. The summed E-state index contributed by atoms with van der Waals surface area (Å²) in [7, 11) is -2.27. The Morgan fingerprint density at radius 1 is 1.04 bits per heavy atom. The van der Waals surface area contributed by atoms with Gasteiger partial charge in [0.1, 0.15) is 4.21 Å². The molecule has 0 atom stereocenters. The van der Waals surface area contributed by atoms with E-state index in [0.717, 1.165) is 37.8 Å². The van der Waals surface area contributed by atoms with Crippen LogP contribution in [0.2, 0.25) is 0 Å². The summed E-state index contributed by atoms with van der Waals surface area (Å²) in [6.07, 6.45) is -1.06. The van der Waals surface area contributed by atoms with E-state index in [9.17, 15) is 18.3 Å². The molecule has 3 aromatic rings. The number of sulfone groups is 1. The number of benzene rings is 2. The molecule has 0 saturated heterocycles. The Morgan fingerprint density at radius 3 is 2.25 bits per heavy atom. The van der Waals surface area contributed by atoms with Crippen LogP contribution in [0.1, 0.15) is 16.0 Å². The van der Waals surface area contributed by atoms with Gasteiger partial charge >= 0.3 is 6.09 Å². The molecule has 0 aliphatic rings. The summed E-state index contributed by atoms with van der Waals surface area (Å²) in [5.41, 5.74) is 3.25. The zero-order valence-corrected chi connectivity index (χ0v) is 17.5. The zero-order valence-electron chi connectivity index (χ0n) is 15.8. The molecular weight excluding hydrogens is 394 g/mol. The maximum atomic E-state index is 13.4. The predicted octanol–water partition coefficient (Wildman–Crippen LogP) is 4.97. The summed E-state index contributed by atoms with van der Waals surface area (Å²) in [5, 5.41) is 9.22. The van der Waals surface area contributed by atoms with E-state index >= 15 is 0 Å². The molecule has 3 rings (SSSR count). The van der Waals surface area contributed by atoms with E-state index in [-0.39, 0.29) is 15.6 Å². The molecule has 28 heavy (non-hydrogen) atoms. The van der Waals surface area contributed by atoms with E-state index in [4.69, 9.17) is 0 Å². The third kappa shape index (κ3) is 3.68. The van der Waals surface area contributed by atoms with Crippen molar-refractivity contribution in [2.45, 2.75) is 29.5 Å². The molecule has 146 valence electrons. The maximum Gasteiger partial charge on any atom is 0.407 e. The quantitative estimate of drug-likeness (QED) is 0.638. The molecule has 0 unspecified atom stereocenters. The van der Waals surface area contributed by atoms with Gasteiger partial charge in [-0.2, -0.15) is 0 Å². The number of aryl methyl sites for hydroxylation is 1. The highest BCUT2D eigenvalue weighted by molar-refractivity contribution is 7.93. The summed E-state index contributed by atoms with van der Waals surface area (Å²) in [6.45, 7) is 3.93. The molecule has 0 aliphatic heterocycles. The van der Waals surface area contributed by atoms with E-state index in [0.29, 0.717) is 5.56 Å². The maximum absolute atomic E-state index is 13.4. The van der Waals surface area contributed by atoms with Crippen LogP contribution in [-0.2, 0) is 16.4 Å². The van der Waals surface area contributed by atoms with Crippen LogP contribution in [0.4, 0.5) is 4.79 Å². The summed E-state index contributed by atoms with van der Waals surface area (Å²) in [6, 6.07) is 15.9. The van der Waals surface area contributed by atoms with Crippen molar-refractivity contribution in [3.8, 4) is 11.1 Å². The summed E-state index contributed by atoms with van der Waals surface area (Å²) < 4.78 is 27.1. The molecule has 0 aliphatic carbocycles.